The number of hydrogen-bond acceptors (Lipinski definition) is 5. The van der Waals surface area contributed by atoms with Crippen LogP contribution < -0.4 is 10.2 Å². The van der Waals surface area contributed by atoms with Crippen molar-refractivity contribution in [2.75, 3.05) is 43.1 Å². The molecule has 2 amide bonds. The maximum atomic E-state index is 12.8. The molecule has 158 valence electrons. The molecule has 0 spiro atoms. The van der Waals surface area contributed by atoms with Crippen LogP contribution in [0.2, 0.25) is 0 Å². The smallest absolute Gasteiger partial charge is 0.255 e. The molecule has 2 heterocycles. The van der Waals surface area contributed by atoms with E-state index in [9.17, 15) is 18.0 Å². The number of ether oxygens (including phenoxy) is 1. The quantitative estimate of drug-likeness (QED) is 0.785. The Morgan fingerprint density at radius 3 is 2.50 bits per heavy atom. The highest BCUT2D eigenvalue weighted by Crippen LogP contribution is 2.25. The summed E-state index contributed by atoms with van der Waals surface area (Å²) in [6.07, 6.45) is 1.35. The van der Waals surface area contributed by atoms with Gasteiger partial charge in [0.05, 0.1) is 18.1 Å². The standard InChI is InChI=1S/C21H23N3O5S/c25-20-8-3-9-24(20)18-6-2-5-17(15-18)22-21(26)16-4-1-7-19(14-16)30(27,28)23-10-12-29-13-11-23/h1-2,4-7,14-15H,3,8-13H2,(H,22,26). The minimum Gasteiger partial charge on any atom is -0.379 e. The van der Waals surface area contributed by atoms with Crippen molar-refractivity contribution in [2.24, 2.45) is 0 Å². The molecule has 4 rings (SSSR count). The van der Waals surface area contributed by atoms with E-state index in [1.54, 1.807) is 35.2 Å². The van der Waals surface area contributed by atoms with Crippen molar-refractivity contribution in [2.45, 2.75) is 17.7 Å². The van der Waals surface area contributed by atoms with Crippen LogP contribution in [0.4, 0.5) is 11.4 Å². The lowest BCUT2D eigenvalue weighted by Gasteiger charge is -2.26. The fraction of sp³-hybridized carbons (Fsp3) is 0.333. The molecule has 0 bridgehead atoms. The summed E-state index contributed by atoms with van der Waals surface area (Å²) in [5.41, 5.74) is 1.52. The van der Waals surface area contributed by atoms with Gasteiger partial charge in [0.1, 0.15) is 0 Å². The van der Waals surface area contributed by atoms with Gasteiger partial charge in [-0.15, -0.1) is 0 Å². The van der Waals surface area contributed by atoms with Gasteiger partial charge in [-0.2, -0.15) is 4.31 Å². The summed E-state index contributed by atoms with van der Waals surface area (Å²) in [4.78, 5) is 26.5. The first-order chi connectivity index (χ1) is 14.4. The Balaban J connectivity index is 1.52. The van der Waals surface area contributed by atoms with E-state index in [0.29, 0.717) is 45.0 Å². The molecule has 2 aromatic carbocycles. The van der Waals surface area contributed by atoms with Gasteiger partial charge in [0.2, 0.25) is 15.9 Å². The second kappa shape index (κ2) is 8.55. The Morgan fingerprint density at radius 2 is 1.77 bits per heavy atom. The van der Waals surface area contributed by atoms with Crippen molar-refractivity contribution in [1.29, 1.82) is 0 Å². The van der Waals surface area contributed by atoms with Crippen LogP contribution in [0.1, 0.15) is 23.2 Å². The van der Waals surface area contributed by atoms with Crippen molar-refractivity contribution in [3.63, 3.8) is 0 Å². The molecular weight excluding hydrogens is 406 g/mol. The summed E-state index contributed by atoms with van der Waals surface area (Å²) in [5, 5.41) is 2.79. The first kappa shape index (κ1) is 20.5. The number of nitrogens with zero attached hydrogens (tertiary/aromatic N) is 2. The molecule has 0 radical (unpaired) electrons. The van der Waals surface area contributed by atoms with Gasteiger partial charge >= 0.3 is 0 Å². The van der Waals surface area contributed by atoms with Crippen LogP contribution in [-0.4, -0.2) is 57.4 Å². The summed E-state index contributed by atoms with van der Waals surface area (Å²) in [7, 11) is -3.69. The predicted octanol–water partition coefficient (Wildman–Crippen LogP) is 2.09. The maximum absolute atomic E-state index is 12.8. The van der Waals surface area contributed by atoms with Gasteiger partial charge in [-0.3, -0.25) is 9.59 Å². The molecule has 8 nitrogen and oxygen atoms in total. The van der Waals surface area contributed by atoms with Gasteiger partial charge < -0.3 is 15.0 Å². The number of morpholine rings is 1. The van der Waals surface area contributed by atoms with Crippen LogP contribution in [0.5, 0.6) is 0 Å². The summed E-state index contributed by atoms with van der Waals surface area (Å²) in [5.74, 6) is -0.349. The van der Waals surface area contributed by atoms with Crippen molar-refractivity contribution in [3.8, 4) is 0 Å². The molecule has 0 saturated carbocycles. The predicted molar refractivity (Wildman–Crippen MR) is 112 cm³/mol. The minimum absolute atomic E-state index is 0.0690. The molecule has 2 fully saturated rings. The van der Waals surface area contributed by atoms with Crippen molar-refractivity contribution in [3.05, 3.63) is 54.1 Å². The monoisotopic (exact) mass is 429 g/mol. The Labute approximate surface area is 175 Å². The number of carbonyl (C=O) groups is 2. The summed E-state index contributed by atoms with van der Waals surface area (Å²) >= 11 is 0. The average molecular weight is 429 g/mol. The molecule has 2 saturated heterocycles. The zero-order chi connectivity index (χ0) is 21.1. The van der Waals surface area contributed by atoms with Crippen LogP contribution >= 0.6 is 0 Å². The van der Waals surface area contributed by atoms with E-state index in [2.05, 4.69) is 5.32 Å². The van der Waals surface area contributed by atoms with Gasteiger partial charge in [-0.1, -0.05) is 12.1 Å². The second-order valence-corrected chi connectivity index (χ2v) is 9.14. The van der Waals surface area contributed by atoms with E-state index in [1.165, 1.54) is 16.4 Å². The van der Waals surface area contributed by atoms with Crippen LogP contribution in [0.15, 0.2) is 53.4 Å². The van der Waals surface area contributed by atoms with Crippen molar-refractivity contribution >= 4 is 33.2 Å². The molecule has 0 unspecified atom stereocenters. The third-order valence-electron chi connectivity index (χ3n) is 5.19. The molecule has 1 N–H and O–H groups in total. The number of hydrogen-bond donors (Lipinski definition) is 1. The number of sulfonamides is 1. The zero-order valence-electron chi connectivity index (χ0n) is 16.4. The lowest BCUT2D eigenvalue weighted by molar-refractivity contribution is -0.117. The fourth-order valence-corrected chi connectivity index (χ4v) is 5.06. The van der Waals surface area contributed by atoms with E-state index < -0.39 is 15.9 Å². The Bertz CT molecular complexity index is 1060. The van der Waals surface area contributed by atoms with Gasteiger partial charge in [0.25, 0.3) is 5.91 Å². The first-order valence-corrected chi connectivity index (χ1v) is 11.3. The number of nitrogens with one attached hydrogen (secondary N) is 1. The van der Waals surface area contributed by atoms with Crippen LogP contribution in [0.3, 0.4) is 0 Å². The lowest BCUT2D eigenvalue weighted by Crippen LogP contribution is -2.40. The number of anilines is 2. The largest absolute Gasteiger partial charge is 0.379 e. The van der Waals surface area contributed by atoms with Crippen LogP contribution in [-0.2, 0) is 19.6 Å². The van der Waals surface area contributed by atoms with Crippen molar-refractivity contribution in [1.82, 2.24) is 4.31 Å². The molecule has 0 atom stereocenters. The van der Waals surface area contributed by atoms with E-state index in [0.717, 1.165) is 12.1 Å². The lowest BCUT2D eigenvalue weighted by atomic mass is 10.2. The number of amides is 2. The van der Waals surface area contributed by atoms with E-state index in [-0.39, 0.29) is 16.4 Å². The highest BCUT2D eigenvalue weighted by molar-refractivity contribution is 7.89. The molecule has 0 aromatic heterocycles. The molecule has 0 aliphatic carbocycles. The molecule has 2 aliphatic heterocycles. The molecule has 2 aliphatic rings. The third-order valence-corrected chi connectivity index (χ3v) is 7.09. The maximum Gasteiger partial charge on any atom is 0.255 e. The molecule has 2 aromatic rings. The second-order valence-electron chi connectivity index (χ2n) is 7.20. The van der Waals surface area contributed by atoms with E-state index in [1.807, 2.05) is 6.07 Å². The SMILES string of the molecule is O=C(Nc1cccc(N2CCCC2=O)c1)c1cccc(S(=O)(=O)N2CCOCC2)c1. The summed E-state index contributed by atoms with van der Waals surface area (Å²) < 4.78 is 32.3. The third kappa shape index (κ3) is 4.23. The van der Waals surface area contributed by atoms with Gasteiger partial charge in [-0.25, -0.2) is 8.42 Å². The molecule has 9 heteroatoms. The summed E-state index contributed by atoms with van der Waals surface area (Å²) in [6.45, 7) is 1.96. The van der Waals surface area contributed by atoms with Crippen molar-refractivity contribution < 1.29 is 22.7 Å². The first-order valence-electron chi connectivity index (χ1n) is 9.85. The van der Waals surface area contributed by atoms with Crippen LogP contribution in [0, 0.1) is 0 Å². The van der Waals surface area contributed by atoms with Gasteiger partial charge in [-0.05, 0) is 42.8 Å². The Hall–Kier alpha value is -2.75. The zero-order valence-corrected chi connectivity index (χ0v) is 17.2. The average Bonchev–Trinajstić information content (AvgIpc) is 3.20. The number of carbonyl (C=O) groups excluding carboxylic acids is 2. The Morgan fingerprint density at radius 1 is 1.00 bits per heavy atom. The molecular formula is C21H23N3O5S. The molecule has 30 heavy (non-hydrogen) atoms. The highest BCUT2D eigenvalue weighted by Gasteiger charge is 2.27. The highest BCUT2D eigenvalue weighted by atomic mass is 32.2. The van der Waals surface area contributed by atoms with Crippen LogP contribution in [0.25, 0.3) is 0 Å². The number of rotatable bonds is 5. The Kier molecular flexibility index (Phi) is 5.85. The van der Waals surface area contributed by atoms with E-state index in [4.69, 9.17) is 4.74 Å². The van der Waals surface area contributed by atoms with Gasteiger partial charge in [0.15, 0.2) is 0 Å². The normalized spacial score (nSPS) is 17.9. The number of benzene rings is 2. The summed E-state index contributed by atoms with van der Waals surface area (Å²) in [6, 6.07) is 13.1. The van der Waals surface area contributed by atoms with Gasteiger partial charge in [0, 0.05) is 43.0 Å². The minimum atomic E-state index is -3.69. The van der Waals surface area contributed by atoms with E-state index >= 15 is 0 Å². The fourth-order valence-electron chi connectivity index (χ4n) is 3.61. The topological polar surface area (TPSA) is 96.0 Å².